The SMILES string of the molecule is Cc1cc(C)c(S(N)(=O)=O)cc1F. The Morgan fingerprint density at radius 3 is 2.23 bits per heavy atom. The third kappa shape index (κ3) is 2.05. The van der Waals surface area contributed by atoms with Gasteiger partial charge in [0, 0.05) is 0 Å². The summed E-state index contributed by atoms with van der Waals surface area (Å²) in [7, 11) is -3.81. The Kier molecular flexibility index (Phi) is 2.40. The fraction of sp³-hybridized carbons (Fsp3) is 0.250. The zero-order valence-electron chi connectivity index (χ0n) is 7.33. The van der Waals surface area contributed by atoms with E-state index in [0.29, 0.717) is 11.1 Å². The summed E-state index contributed by atoms with van der Waals surface area (Å²) in [6, 6.07) is 2.40. The van der Waals surface area contributed by atoms with Crippen molar-refractivity contribution in [3.8, 4) is 0 Å². The molecule has 1 aromatic rings. The minimum absolute atomic E-state index is 0.157. The van der Waals surface area contributed by atoms with Gasteiger partial charge in [-0.3, -0.25) is 0 Å². The highest BCUT2D eigenvalue weighted by molar-refractivity contribution is 7.89. The molecule has 0 unspecified atom stereocenters. The number of hydrogen-bond acceptors (Lipinski definition) is 2. The van der Waals surface area contributed by atoms with Gasteiger partial charge in [-0.25, -0.2) is 17.9 Å². The van der Waals surface area contributed by atoms with Crippen LogP contribution >= 0.6 is 0 Å². The van der Waals surface area contributed by atoms with E-state index in [1.54, 1.807) is 13.8 Å². The summed E-state index contributed by atoms with van der Waals surface area (Å²) in [6.45, 7) is 3.14. The van der Waals surface area contributed by atoms with Crippen LogP contribution < -0.4 is 5.14 Å². The maximum Gasteiger partial charge on any atom is 0.238 e. The quantitative estimate of drug-likeness (QED) is 0.742. The second kappa shape index (κ2) is 3.08. The fourth-order valence-electron chi connectivity index (χ4n) is 1.11. The van der Waals surface area contributed by atoms with Gasteiger partial charge in [-0.1, -0.05) is 6.07 Å². The molecule has 3 nitrogen and oxygen atoms in total. The van der Waals surface area contributed by atoms with E-state index < -0.39 is 15.8 Å². The molecule has 0 heterocycles. The molecule has 0 aliphatic heterocycles. The normalized spacial score (nSPS) is 11.7. The van der Waals surface area contributed by atoms with Gasteiger partial charge in [0.2, 0.25) is 10.0 Å². The zero-order valence-corrected chi connectivity index (χ0v) is 8.15. The molecule has 0 amide bonds. The third-order valence-corrected chi connectivity index (χ3v) is 2.82. The van der Waals surface area contributed by atoms with Crippen LogP contribution in [0.25, 0.3) is 0 Å². The lowest BCUT2D eigenvalue weighted by atomic mass is 10.1. The van der Waals surface area contributed by atoms with Gasteiger partial charge >= 0.3 is 0 Å². The van der Waals surface area contributed by atoms with Crippen LogP contribution in [0.2, 0.25) is 0 Å². The first kappa shape index (κ1) is 10.1. The van der Waals surface area contributed by atoms with Crippen molar-refractivity contribution in [3.63, 3.8) is 0 Å². The van der Waals surface area contributed by atoms with Crippen molar-refractivity contribution in [1.29, 1.82) is 0 Å². The molecule has 2 N–H and O–H groups in total. The van der Waals surface area contributed by atoms with Crippen LogP contribution in [0.5, 0.6) is 0 Å². The number of primary sulfonamides is 1. The minimum Gasteiger partial charge on any atom is -0.225 e. The Hall–Kier alpha value is -0.940. The molecule has 0 aliphatic rings. The standard InChI is InChI=1S/C8H10FNO2S/c1-5-3-6(2)8(4-7(5)9)13(10,11)12/h3-4H,1-2H3,(H2,10,11,12). The van der Waals surface area contributed by atoms with Gasteiger partial charge in [0.05, 0.1) is 4.90 Å². The molecule has 0 spiro atoms. The molecule has 13 heavy (non-hydrogen) atoms. The Morgan fingerprint density at radius 1 is 1.23 bits per heavy atom. The number of nitrogens with two attached hydrogens (primary N) is 1. The number of aryl methyl sites for hydroxylation is 2. The Morgan fingerprint density at radius 2 is 1.77 bits per heavy atom. The highest BCUT2D eigenvalue weighted by Crippen LogP contribution is 2.17. The maximum absolute atomic E-state index is 13.0. The van der Waals surface area contributed by atoms with Crippen LogP contribution in [0.4, 0.5) is 4.39 Å². The van der Waals surface area contributed by atoms with Crippen molar-refractivity contribution in [2.45, 2.75) is 18.7 Å². The van der Waals surface area contributed by atoms with E-state index in [-0.39, 0.29) is 4.90 Å². The summed E-state index contributed by atoms with van der Waals surface area (Å²) in [6.07, 6.45) is 0. The first-order valence-electron chi connectivity index (χ1n) is 3.62. The van der Waals surface area contributed by atoms with Crippen molar-refractivity contribution in [1.82, 2.24) is 0 Å². The fourth-order valence-corrected chi connectivity index (χ4v) is 1.89. The topological polar surface area (TPSA) is 60.2 Å². The highest BCUT2D eigenvalue weighted by Gasteiger charge is 2.13. The van der Waals surface area contributed by atoms with E-state index in [1.807, 2.05) is 0 Å². The molecule has 5 heteroatoms. The van der Waals surface area contributed by atoms with Gasteiger partial charge in [0.1, 0.15) is 5.82 Å². The van der Waals surface area contributed by atoms with Crippen LogP contribution in [0.3, 0.4) is 0 Å². The molecule has 0 radical (unpaired) electrons. The summed E-state index contributed by atoms with van der Waals surface area (Å²) in [4.78, 5) is -0.157. The van der Waals surface area contributed by atoms with Crippen molar-refractivity contribution < 1.29 is 12.8 Å². The Balaban J connectivity index is 3.50. The number of rotatable bonds is 1. The van der Waals surface area contributed by atoms with Gasteiger partial charge in [0.15, 0.2) is 0 Å². The lowest BCUT2D eigenvalue weighted by Gasteiger charge is -2.04. The van der Waals surface area contributed by atoms with E-state index in [9.17, 15) is 12.8 Å². The predicted molar refractivity (Wildman–Crippen MR) is 47.2 cm³/mol. The number of sulfonamides is 1. The molecule has 1 rings (SSSR count). The molecule has 0 fully saturated rings. The van der Waals surface area contributed by atoms with Gasteiger partial charge in [-0.05, 0) is 31.0 Å². The van der Waals surface area contributed by atoms with Crippen LogP contribution in [-0.4, -0.2) is 8.42 Å². The van der Waals surface area contributed by atoms with Crippen LogP contribution in [0.15, 0.2) is 17.0 Å². The Labute approximate surface area is 76.4 Å². The van der Waals surface area contributed by atoms with Gasteiger partial charge in [-0.2, -0.15) is 0 Å². The smallest absolute Gasteiger partial charge is 0.225 e. The van der Waals surface area contributed by atoms with Crippen LogP contribution in [-0.2, 0) is 10.0 Å². The third-order valence-electron chi connectivity index (χ3n) is 1.76. The van der Waals surface area contributed by atoms with E-state index in [4.69, 9.17) is 5.14 Å². The van der Waals surface area contributed by atoms with Gasteiger partial charge in [0.25, 0.3) is 0 Å². The van der Waals surface area contributed by atoms with E-state index in [0.717, 1.165) is 6.07 Å². The molecule has 1 aromatic carbocycles. The predicted octanol–water partition coefficient (Wildman–Crippen LogP) is 1.09. The molecular weight excluding hydrogens is 193 g/mol. The Bertz CT molecular complexity index is 440. The zero-order chi connectivity index (χ0) is 10.2. The monoisotopic (exact) mass is 203 g/mol. The number of hydrogen-bond donors (Lipinski definition) is 1. The molecule has 0 aromatic heterocycles. The number of benzene rings is 1. The maximum atomic E-state index is 13.0. The van der Waals surface area contributed by atoms with E-state index in [2.05, 4.69) is 0 Å². The molecule has 72 valence electrons. The average molecular weight is 203 g/mol. The lowest BCUT2D eigenvalue weighted by Crippen LogP contribution is -2.14. The summed E-state index contributed by atoms with van der Waals surface area (Å²) < 4.78 is 34.8. The molecule has 0 bridgehead atoms. The number of halogens is 1. The molecule has 0 aliphatic carbocycles. The largest absolute Gasteiger partial charge is 0.238 e. The lowest BCUT2D eigenvalue weighted by molar-refractivity contribution is 0.589. The van der Waals surface area contributed by atoms with Gasteiger partial charge in [-0.15, -0.1) is 0 Å². The molecule has 0 atom stereocenters. The van der Waals surface area contributed by atoms with E-state index >= 15 is 0 Å². The van der Waals surface area contributed by atoms with E-state index in [1.165, 1.54) is 6.07 Å². The summed E-state index contributed by atoms with van der Waals surface area (Å²) in [5.74, 6) is -0.561. The molecule has 0 saturated heterocycles. The first-order valence-corrected chi connectivity index (χ1v) is 5.16. The van der Waals surface area contributed by atoms with Crippen LogP contribution in [0.1, 0.15) is 11.1 Å². The molecular formula is C8H10FNO2S. The average Bonchev–Trinajstić information content (AvgIpc) is 1.94. The van der Waals surface area contributed by atoms with Crippen molar-refractivity contribution in [2.24, 2.45) is 5.14 Å². The van der Waals surface area contributed by atoms with Crippen molar-refractivity contribution in [3.05, 3.63) is 29.1 Å². The summed E-state index contributed by atoms with van der Waals surface area (Å²) in [5.41, 5.74) is 0.867. The summed E-state index contributed by atoms with van der Waals surface area (Å²) in [5, 5.41) is 4.88. The van der Waals surface area contributed by atoms with Crippen molar-refractivity contribution in [2.75, 3.05) is 0 Å². The minimum atomic E-state index is -3.81. The van der Waals surface area contributed by atoms with Crippen molar-refractivity contribution >= 4 is 10.0 Å². The van der Waals surface area contributed by atoms with Gasteiger partial charge < -0.3 is 0 Å². The highest BCUT2D eigenvalue weighted by atomic mass is 32.2. The first-order chi connectivity index (χ1) is 5.82. The van der Waals surface area contributed by atoms with Crippen LogP contribution in [0, 0.1) is 19.7 Å². The second-order valence-electron chi connectivity index (χ2n) is 2.91. The second-order valence-corrected chi connectivity index (χ2v) is 4.44. The molecule has 0 saturated carbocycles. The summed E-state index contributed by atoms with van der Waals surface area (Å²) >= 11 is 0.